The molecule has 4 nitrogen and oxygen atoms in total. The van der Waals surface area contributed by atoms with E-state index in [2.05, 4.69) is 10.2 Å². The molecule has 1 aromatic carbocycles. The molecular formula is C14H18N2O2S2. The Bertz CT molecular complexity index is 448. The monoisotopic (exact) mass is 310 g/mol. The quantitative estimate of drug-likeness (QED) is 0.857. The third-order valence-electron chi connectivity index (χ3n) is 2.93. The van der Waals surface area contributed by atoms with Crippen molar-refractivity contribution in [3.05, 3.63) is 35.9 Å². The Morgan fingerprint density at radius 3 is 2.70 bits per heavy atom. The number of ether oxygens (including phenoxy) is 1. The molecule has 1 heterocycles. The number of thioether (sulfide) groups is 1. The molecule has 1 amide bonds. The van der Waals surface area contributed by atoms with Crippen LogP contribution in [0.5, 0.6) is 0 Å². The second kappa shape index (κ2) is 8.24. The number of nitrogens with zero attached hydrogens (tertiary/aromatic N) is 1. The number of benzene rings is 1. The van der Waals surface area contributed by atoms with Gasteiger partial charge in [-0.2, -0.15) is 0 Å². The summed E-state index contributed by atoms with van der Waals surface area (Å²) in [5, 5.41) is 2.89. The molecule has 1 aliphatic heterocycles. The molecule has 0 atom stereocenters. The number of amides is 1. The zero-order chi connectivity index (χ0) is 14.2. The highest BCUT2D eigenvalue weighted by Gasteiger charge is 2.15. The van der Waals surface area contributed by atoms with Crippen molar-refractivity contribution in [3.8, 4) is 0 Å². The molecule has 0 bridgehead atoms. The van der Waals surface area contributed by atoms with Gasteiger partial charge in [-0.1, -0.05) is 54.3 Å². The molecule has 1 fully saturated rings. The minimum absolute atomic E-state index is 0.00876. The first kappa shape index (κ1) is 15.3. The highest BCUT2D eigenvalue weighted by atomic mass is 32.2. The lowest BCUT2D eigenvalue weighted by molar-refractivity contribution is -0.118. The maximum atomic E-state index is 11.8. The van der Waals surface area contributed by atoms with Crippen LogP contribution in [0.25, 0.3) is 0 Å². The summed E-state index contributed by atoms with van der Waals surface area (Å²) in [6.45, 7) is 3.61. The van der Waals surface area contributed by atoms with Crippen LogP contribution in [0.4, 0.5) is 0 Å². The summed E-state index contributed by atoms with van der Waals surface area (Å²) in [6.07, 6.45) is 0. The second-order valence-corrected chi connectivity index (χ2v) is 6.03. The van der Waals surface area contributed by atoms with Crippen molar-refractivity contribution in [3.63, 3.8) is 0 Å². The highest BCUT2D eigenvalue weighted by molar-refractivity contribution is 8.23. The number of thiocarbonyl (C=S) groups is 1. The standard InChI is InChI=1S/C14H18N2O2S2/c17-13(15-10-12-4-2-1-3-5-12)11-20-14(19)16-6-8-18-9-7-16/h1-5H,6-11H2,(H,15,17). The Morgan fingerprint density at radius 1 is 1.30 bits per heavy atom. The van der Waals surface area contributed by atoms with Crippen LogP contribution in [0, 0.1) is 0 Å². The molecular weight excluding hydrogens is 292 g/mol. The van der Waals surface area contributed by atoms with Crippen molar-refractivity contribution in [2.24, 2.45) is 0 Å². The molecule has 0 unspecified atom stereocenters. The zero-order valence-corrected chi connectivity index (χ0v) is 12.8. The Morgan fingerprint density at radius 2 is 2.00 bits per heavy atom. The van der Waals surface area contributed by atoms with E-state index >= 15 is 0 Å². The van der Waals surface area contributed by atoms with Crippen molar-refractivity contribution in [1.29, 1.82) is 0 Å². The molecule has 1 saturated heterocycles. The van der Waals surface area contributed by atoms with Crippen molar-refractivity contribution in [2.45, 2.75) is 6.54 Å². The summed E-state index contributed by atoms with van der Waals surface area (Å²) in [4.78, 5) is 13.9. The number of rotatable bonds is 4. The van der Waals surface area contributed by atoms with Gasteiger partial charge in [-0.15, -0.1) is 0 Å². The third kappa shape index (κ3) is 5.11. The van der Waals surface area contributed by atoms with E-state index in [1.807, 2.05) is 30.3 Å². The van der Waals surface area contributed by atoms with Crippen molar-refractivity contribution in [2.75, 3.05) is 32.1 Å². The van der Waals surface area contributed by atoms with E-state index < -0.39 is 0 Å². The fourth-order valence-corrected chi connectivity index (χ4v) is 2.89. The normalized spacial score (nSPS) is 14.9. The average Bonchev–Trinajstić information content (AvgIpc) is 2.52. The first-order valence-electron chi connectivity index (χ1n) is 6.56. The molecule has 1 N–H and O–H groups in total. The van der Waals surface area contributed by atoms with Crippen LogP contribution in [0.2, 0.25) is 0 Å². The second-order valence-electron chi connectivity index (χ2n) is 4.42. The summed E-state index contributed by atoms with van der Waals surface area (Å²) >= 11 is 6.74. The van der Waals surface area contributed by atoms with E-state index in [0.29, 0.717) is 25.5 Å². The summed E-state index contributed by atoms with van der Waals surface area (Å²) in [7, 11) is 0. The van der Waals surface area contributed by atoms with Crippen LogP contribution in [-0.2, 0) is 16.1 Å². The minimum atomic E-state index is 0.00876. The first-order chi connectivity index (χ1) is 9.75. The van der Waals surface area contributed by atoms with E-state index in [1.165, 1.54) is 11.8 Å². The molecule has 108 valence electrons. The number of carbonyl (C=O) groups is 1. The van der Waals surface area contributed by atoms with Gasteiger partial charge in [0.25, 0.3) is 0 Å². The van der Waals surface area contributed by atoms with Gasteiger partial charge in [0.05, 0.1) is 19.0 Å². The van der Waals surface area contributed by atoms with Gasteiger partial charge in [-0.05, 0) is 5.56 Å². The largest absolute Gasteiger partial charge is 0.378 e. The average molecular weight is 310 g/mol. The molecule has 0 saturated carbocycles. The van der Waals surface area contributed by atoms with Gasteiger partial charge in [-0.25, -0.2) is 0 Å². The lowest BCUT2D eigenvalue weighted by atomic mass is 10.2. The van der Waals surface area contributed by atoms with E-state index in [9.17, 15) is 4.79 Å². The van der Waals surface area contributed by atoms with E-state index in [-0.39, 0.29) is 5.91 Å². The van der Waals surface area contributed by atoms with E-state index in [4.69, 9.17) is 17.0 Å². The van der Waals surface area contributed by atoms with Gasteiger partial charge in [0.1, 0.15) is 4.32 Å². The number of hydrogen-bond donors (Lipinski definition) is 1. The van der Waals surface area contributed by atoms with Crippen LogP contribution in [0.3, 0.4) is 0 Å². The van der Waals surface area contributed by atoms with Gasteiger partial charge in [-0.3, -0.25) is 4.79 Å². The van der Waals surface area contributed by atoms with Gasteiger partial charge in [0, 0.05) is 19.6 Å². The molecule has 1 aromatic rings. The number of carbonyl (C=O) groups excluding carboxylic acids is 1. The Kier molecular flexibility index (Phi) is 6.29. The molecule has 0 radical (unpaired) electrons. The highest BCUT2D eigenvalue weighted by Crippen LogP contribution is 2.11. The predicted octanol–water partition coefficient (Wildman–Crippen LogP) is 1.65. The van der Waals surface area contributed by atoms with Crippen LogP contribution in [-0.4, -0.2) is 47.2 Å². The van der Waals surface area contributed by atoms with Crippen LogP contribution in [0.15, 0.2) is 30.3 Å². The Labute approximate surface area is 128 Å². The number of morpholine rings is 1. The molecule has 1 aliphatic rings. The fraction of sp³-hybridized carbons (Fsp3) is 0.429. The van der Waals surface area contributed by atoms with Gasteiger partial charge in [0.15, 0.2) is 0 Å². The molecule has 6 heteroatoms. The van der Waals surface area contributed by atoms with Gasteiger partial charge < -0.3 is 15.0 Å². The third-order valence-corrected chi connectivity index (χ3v) is 4.45. The lowest BCUT2D eigenvalue weighted by Gasteiger charge is -2.28. The SMILES string of the molecule is O=C(CSC(=S)N1CCOCC1)NCc1ccccc1. The number of hydrogen-bond acceptors (Lipinski definition) is 4. The van der Waals surface area contributed by atoms with Crippen molar-refractivity contribution >= 4 is 34.2 Å². The smallest absolute Gasteiger partial charge is 0.230 e. The molecule has 0 aromatic heterocycles. The number of nitrogens with one attached hydrogen (secondary N) is 1. The van der Waals surface area contributed by atoms with E-state index in [1.54, 1.807) is 0 Å². The molecule has 0 aliphatic carbocycles. The van der Waals surface area contributed by atoms with E-state index in [0.717, 1.165) is 23.0 Å². The van der Waals surface area contributed by atoms with Crippen LogP contribution < -0.4 is 5.32 Å². The predicted molar refractivity (Wildman–Crippen MR) is 85.7 cm³/mol. The summed E-state index contributed by atoms with van der Waals surface area (Å²) in [6, 6.07) is 9.87. The van der Waals surface area contributed by atoms with Crippen molar-refractivity contribution in [1.82, 2.24) is 10.2 Å². The molecule has 0 spiro atoms. The fourth-order valence-electron chi connectivity index (χ4n) is 1.81. The maximum absolute atomic E-state index is 11.8. The Balaban J connectivity index is 1.65. The van der Waals surface area contributed by atoms with Crippen LogP contribution >= 0.6 is 24.0 Å². The first-order valence-corrected chi connectivity index (χ1v) is 7.95. The maximum Gasteiger partial charge on any atom is 0.230 e. The molecule has 2 rings (SSSR count). The zero-order valence-electron chi connectivity index (χ0n) is 11.2. The van der Waals surface area contributed by atoms with Crippen LogP contribution in [0.1, 0.15) is 5.56 Å². The summed E-state index contributed by atoms with van der Waals surface area (Å²) in [5.41, 5.74) is 1.10. The van der Waals surface area contributed by atoms with Crippen molar-refractivity contribution < 1.29 is 9.53 Å². The Hall–Kier alpha value is -1.11. The topological polar surface area (TPSA) is 41.6 Å². The molecule has 20 heavy (non-hydrogen) atoms. The lowest BCUT2D eigenvalue weighted by Crippen LogP contribution is -2.39. The minimum Gasteiger partial charge on any atom is -0.378 e. The van der Waals surface area contributed by atoms with Gasteiger partial charge in [0.2, 0.25) is 5.91 Å². The summed E-state index contributed by atoms with van der Waals surface area (Å²) < 4.78 is 6.05. The summed E-state index contributed by atoms with van der Waals surface area (Å²) in [5.74, 6) is 0.373. The van der Waals surface area contributed by atoms with Gasteiger partial charge >= 0.3 is 0 Å².